The monoisotopic (exact) mass is 446 g/mol. The summed E-state index contributed by atoms with van der Waals surface area (Å²) in [6.45, 7) is 5.83. The number of carboxylic acid groups (broad SMARTS) is 1. The second-order valence-corrected chi connectivity index (χ2v) is 8.46. The largest absolute Gasteiger partial charge is 0.490 e. The van der Waals surface area contributed by atoms with Crippen molar-refractivity contribution in [1.29, 1.82) is 0 Å². The quantitative estimate of drug-likeness (QED) is 0.755. The van der Waals surface area contributed by atoms with Crippen LogP contribution in [0.15, 0.2) is 12.3 Å². The molecule has 4 rings (SSSR count). The van der Waals surface area contributed by atoms with Crippen LogP contribution in [0.3, 0.4) is 0 Å². The molecule has 1 aromatic rings. The normalized spacial score (nSPS) is 24.6. The summed E-state index contributed by atoms with van der Waals surface area (Å²) in [5.41, 5.74) is 0.849. The number of aromatic nitrogens is 2. The smallest absolute Gasteiger partial charge is 0.475 e. The molecule has 0 bridgehead atoms. The zero-order valence-corrected chi connectivity index (χ0v) is 17.6. The minimum absolute atomic E-state index is 0.176. The predicted octanol–water partition coefficient (Wildman–Crippen LogP) is 1.56. The van der Waals surface area contributed by atoms with Crippen molar-refractivity contribution in [3.8, 4) is 0 Å². The molecule has 2 saturated heterocycles. The van der Waals surface area contributed by atoms with Crippen LogP contribution in [-0.4, -0.2) is 88.2 Å². The van der Waals surface area contributed by atoms with Crippen LogP contribution in [0.1, 0.15) is 25.0 Å². The van der Waals surface area contributed by atoms with E-state index in [2.05, 4.69) is 10.00 Å². The Kier molecular flexibility index (Phi) is 7.58. The van der Waals surface area contributed by atoms with Crippen molar-refractivity contribution < 1.29 is 32.6 Å². The van der Waals surface area contributed by atoms with Gasteiger partial charge in [0.15, 0.2) is 0 Å². The van der Waals surface area contributed by atoms with Crippen molar-refractivity contribution in [1.82, 2.24) is 19.6 Å². The fraction of sp³-hybridized carbons (Fsp3) is 0.750. The van der Waals surface area contributed by atoms with Crippen LogP contribution in [0.25, 0.3) is 0 Å². The molecule has 3 heterocycles. The summed E-state index contributed by atoms with van der Waals surface area (Å²) in [6, 6.07) is 1.92. The van der Waals surface area contributed by atoms with Gasteiger partial charge in [0, 0.05) is 51.9 Å². The maximum atomic E-state index is 12.6. The van der Waals surface area contributed by atoms with Gasteiger partial charge in [-0.05, 0) is 31.2 Å². The van der Waals surface area contributed by atoms with Crippen molar-refractivity contribution in [2.75, 3.05) is 39.3 Å². The Morgan fingerprint density at radius 2 is 1.94 bits per heavy atom. The second kappa shape index (κ2) is 9.99. The number of likely N-dealkylation sites (tertiary alicyclic amines) is 1. The summed E-state index contributed by atoms with van der Waals surface area (Å²) in [6.07, 6.45) is 1.27. The minimum Gasteiger partial charge on any atom is -0.475 e. The van der Waals surface area contributed by atoms with E-state index >= 15 is 0 Å². The van der Waals surface area contributed by atoms with Crippen LogP contribution in [0, 0.1) is 11.8 Å². The number of ether oxygens (including phenoxy) is 1. The first-order valence-electron chi connectivity index (χ1n) is 10.5. The van der Waals surface area contributed by atoms with Crippen LogP contribution >= 0.6 is 0 Å². The number of aliphatic carboxylic acids is 1. The number of fused-ring (bicyclic) bond motifs is 1. The Morgan fingerprint density at radius 1 is 1.23 bits per heavy atom. The van der Waals surface area contributed by atoms with Gasteiger partial charge < -0.3 is 19.6 Å². The van der Waals surface area contributed by atoms with Gasteiger partial charge >= 0.3 is 12.1 Å². The number of carboxylic acids is 1. The summed E-state index contributed by atoms with van der Waals surface area (Å²) in [5.74, 6) is -1.07. The van der Waals surface area contributed by atoms with E-state index in [4.69, 9.17) is 14.6 Å². The number of hydrogen-bond acceptors (Lipinski definition) is 5. The maximum Gasteiger partial charge on any atom is 0.490 e. The van der Waals surface area contributed by atoms with E-state index in [1.807, 2.05) is 24.2 Å². The molecule has 2 aliphatic heterocycles. The van der Waals surface area contributed by atoms with E-state index < -0.39 is 12.1 Å². The first-order valence-corrected chi connectivity index (χ1v) is 10.5. The van der Waals surface area contributed by atoms with Crippen LogP contribution in [0.4, 0.5) is 13.2 Å². The summed E-state index contributed by atoms with van der Waals surface area (Å²) in [7, 11) is 1.88. The number of aryl methyl sites for hydroxylation is 1. The molecule has 8 nitrogen and oxygen atoms in total. The molecular weight excluding hydrogens is 417 g/mol. The molecule has 11 heteroatoms. The molecule has 1 N–H and O–H groups in total. The van der Waals surface area contributed by atoms with Gasteiger partial charge in [-0.3, -0.25) is 9.48 Å². The third-order valence-electron chi connectivity index (χ3n) is 5.84. The van der Waals surface area contributed by atoms with Crippen molar-refractivity contribution in [2.45, 2.75) is 38.0 Å². The molecule has 3 aliphatic rings. The number of nitrogens with zero attached hydrogens (tertiary/aromatic N) is 4. The number of rotatable bonds is 4. The zero-order chi connectivity index (χ0) is 22.6. The number of alkyl halides is 3. The molecule has 3 fully saturated rings. The lowest BCUT2D eigenvalue weighted by Crippen LogP contribution is -2.49. The van der Waals surface area contributed by atoms with Crippen LogP contribution in [-0.2, 0) is 27.8 Å². The van der Waals surface area contributed by atoms with Crippen molar-refractivity contribution in [3.63, 3.8) is 0 Å². The van der Waals surface area contributed by atoms with E-state index in [1.165, 1.54) is 19.4 Å². The Bertz CT molecular complexity index is 766. The van der Waals surface area contributed by atoms with Gasteiger partial charge in [-0.25, -0.2) is 4.79 Å². The lowest BCUT2D eigenvalue weighted by Gasteiger charge is -2.38. The number of amides is 1. The zero-order valence-electron chi connectivity index (χ0n) is 17.6. The van der Waals surface area contributed by atoms with Gasteiger partial charge in [-0.1, -0.05) is 0 Å². The lowest BCUT2D eigenvalue weighted by atomic mass is 9.93. The summed E-state index contributed by atoms with van der Waals surface area (Å²) in [4.78, 5) is 26.0. The van der Waals surface area contributed by atoms with E-state index in [-0.39, 0.29) is 12.0 Å². The molecule has 1 aromatic heterocycles. The van der Waals surface area contributed by atoms with E-state index in [0.29, 0.717) is 12.3 Å². The molecule has 2 atom stereocenters. The number of carbonyl (C=O) groups is 2. The van der Waals surface area contributed by atoms with Gasteiger partial charge in [0.25, 0.3) is 0 Å². The third kappa shape index (κ3) is 7.20. The van der Waals surface area contributed by atoms with E-state index in [1.54, 1.807) is 4.68 Å². The fourth-order valence-corrected chi connectivity index (χ4v) is 4.00. The summed E-state index contributed by atoms with van der Waals surface area (Å²) < 4.78 is 39.6. The fourth-order valence-electron chi connectivity index (χ4n) is 4.00. The van der Waals surface area contributed by atoms with Gasteiger partial charge in [0.1, 0.15) is 0 Å². The summed E-state index contributed by atoms with van der Waals surface area (Å²) >= 11 is 0. The molecule has 1 saturated carbocycles. The van der Waals surface area contributed by atoms with Gasteiger partial charge in [-0.2, -0.15) is 18.3 Å². The van der Waals surface area contributed by atoms with Gasteiger partial charge in [-0.15, -0.1) is 0 Å². The topological polar surface area (TPSA) is 87.9 Å². The highest BCUT2D eigenvalue weighted by Crippen LogP contribution is 2.31. The first kappa shape index (κ1) is 23.5. The molecule has 0 unspecified atom stereocenters. The van der Waals surface area contributed by atoms with E-state index in [0.717, 1.165) is 50.8 Å². The van der Waals surface area contributed by atoms with Gasteiger partial charge in [0.05, 0.1) is 24.8 Å². The Hall–Kier alpha value is -2.14. The third-order valence-corrected chi connectivity index (χ3v) is 5.84. The molecule has 0 radical (unpaired) electrons. The van der Waals surface area contributed by atoms with Crippen LogP contribution in [0.5, 0.6) is 0 Å². The number of piperidine rings is 1. The SMILES string of the molecule is Cn1ccc(CC(=O)N2CC[C@@H]3CN(CC4CC4)CCO[C@@H]3C2)n1.O=C(O)C(F)(F)F. The number of halogens is 3. The highest BCUT2D eigenvalue weighted by Gasteiger charge is 2.38. The molecular formula is C20H29F3N4O4. The lowest BCUT2D eigenvalue weighted by molar-refractivity contribution is -0.192. The van der Waals surface area contributed by atoms with Gasteiger partial charge in [0.2, 0.25) is 5.91 Å². The highest BCUT2D eigenvalue weighted by atomic mass is 19.4. The minimum atomic E-state index is -5.08. The molecule has 1 aliphatic carbocycles. The molecule has 31 heavy (non-hydrogen) atoms. The molecule has 1 amide bonds. The molecule has 0 spiro atoms. The second-order valence-electron chi connectivity index (χ2n) is 8.46. The Morgan fingerprint density at radius 3 is 2.52 bits per heavy atom. The molecule has 174 valence electrons. The number of carbonyl (C=O) groups excluding carboxylic acids is 1. The Labute approximate surface area is 178 Å². The average Bonchev–Trinajstić information content (AvgIpc) is 3.45. The van der Waals surface area contributed by atoms with Crippen LogP contribution in [0.2, 0.25) is 0 Å². The van der Waals surface area contributed by atoms with Crippen LogP contribution < -0.4 is 0 Å². The average molecular weight is 446 g/mol. The maximum absolute atomic E-state index is 12.6. The first-order chi connectivity index (χ1) is 14.6. The van der Waals surface area contributed by atoms with E-state index in [9.17, 15) is 18.0 Å². The standard InChI is InChI=1S/C18H28N4O2.C2HF3O2/c1-20-6-5-16(19-20)10-18(23)22-7-4-15-12-21(11-14-2-3-14)8-9-24-17(15)13-22;3-2(4,5)1(6)7/h5-6,14-15,17H,2-4,7-13H2,1H3;(H,6,7)/t15-,17-;/m1./s1. The van der Waals surface area contributed by atoms with Crippen molar-refractivity contribution in [3.05, 3.63) is 18.0 Å². The highest BCUT2D eigenvalue weighted by molar-refractivity contribution is 5.78. The predicted molar refractivity (Wildman–Crippen MR) is 104 cm³/mol. The number of hydrogen-bond donors (Lipinski definition) is 1. The van der Waals surface area contributed by atoms with Crippen molar-refractivity contribution >= 4 is 11.9 Å². The van der Waals surface area contributed by atoms with Crippen molar-refractivity contribution in [2.24, 2.45) is 18.9 Å². The summed E-state index contributed by atoms with van der Waals surface area (Å²) in [5, 5.41) is 11.4. The molecule has 0 aromatic carbocycles. The Balaban J connectivity index is 0.000000339.